The van der Waals surface area contributed by atoms with Gasteiger partial charge in [0.1, 0.15) is 11.6 Å². The second kappa shape index (κ2) is 42.7. The number of aromatic nitrogens is 4. The van der Waals surface area contributed by atoms with Gasteiger partial charge in [-0.15, -0.1) is 0 Å². The molecular formula is C102H103BrCl8F8N10O7. The molecule has 17 rings (SSSR count). The third-order valence-corrected chi connectivity index (χ3v) is 30.3. The van der Waals surface area contributed by atoms with Crippen LogP contribution in [0.4, 0.5) is 40.8 Å². The van der Waals surface area contributed by atoms with Crippen molar-refractivity contribution in [2.45, 2.75) is 130 Å². The third kappa shape index (κ3) is 22.4. The number of hydrogen-bond acceptors (Lipinski definition) is 9. The van der Waals surface area contributed by atoms with E-state index in [1.807, 2.05) is 33.9 Å². The van der Waals surface area contributed by atoms with Gasteiger partial charge < -0.3 is 47.5 Å². The van der Waals surface area contributed by atoms with Crippen LogP contribution in [-0.2, 0) is 80.6 Å². The Morgan fingerprint density at radius 3 is 1.06 bits per heavy atom. The molecule has 722 valence electrons. The van der Waals surface area contributed by atoms with Crippen molar-refractivity contribution in [3.63, 3.8) is 0 Å². The second-order valence-electron chi connectivity index (χ2n) is 35.8. The maximum absolute atomic E-state index is 14.5. The van der Waals surface area contributed by atoms with Gasteiger partial charge in [-0.05, 0) is 252 Å². The number of Topliss-reactive ketones (excluding diaryl/α,β-unsaturated/α-hetero) is 2. The summed E-state index contributed by atoms with van der Waals surface area (Å²) in [4.78, 5) is 86.4. The van der Waals surface area contributed by atoms with E-state index in [2.05, 4.69) is 87.3 Å². The summed E-state index contributed by atoms with van der Waals surface area (Å²) >= 11 is 56.4. The molecule has 5 aliphatic heterocycles. The van der Waals surface area contributed by atoms with Gasteiger partial charge in [-0.2, -0.15) is 26.3 Å². The first-order valence-electron chi connectivity index (χ1n) is 44.9. The quantitative estimate of drug-likeness (QED) is 0.0861. The first-order valence-corrected chi connectivity index (χ1v) is 48.7. The fourth-order valence-electron chi connectivity index (χ4n) is 18.9. The highest BCUT2D eigenvalue weighted by Gasteiger charge is 2.49. The molecule has 5 fully saturated rings. The van der Waals surface area contributed by atoms with Crippen LogP contribution in [0.5, 0.6) is 0 Å². The number of nitrogens with zero attached hydrogens (tertiary/aromatic N) is 10. The van der Waals surface area contributed by atoms with Gasteiger partial charge in [-0.3, -0.25) is 33.7 Å². The van der Waals surface area contributed by atoms with Gasteiger partial charge in [0, 0.05) is 217 Å². The van der Waals surface area contributed by atoms with E-state index in [0.717, 1.165) is 152 Å². The van der Waals surface area contributed by atoms with Gasteiger partial charge in [-0.25, -0.2) is 8.78 Å². The van der Waals surface area contributed by atoms with Crippen molar-refractivity contribution in [2.75, 3.05) is 103 Å². The summed E-state index contributed by atoms with van der Waals surface area (Å²) in [7, 11) is 7.46. The van der Waals surface area contributed by atoms with E-state index >= 15 is 0 Å². The Hall–Kier alpha value is -8.90. The molecule has 9 heterocycles. The molecular weight excluding hydrogens is 1990 g/mol. The predicted octanol–water partition coefficient (Wildman–Crippen LogP) is 25.5. The average molecular weight is 2100 g/mol. The first-order chi connectivity index (χ1) is 64.3. The molecule has 136 heavy (non-hydrogen) atoms. The number of morpholine rings is 1. The Labute approximate surface area is 832 Å². The van der Waals surface area contributed by atoms with Crippen LogP contribution >= 0.6 is 109 Å². The van der Waals surface area contributed by atoms with Crippen LogP contribution in [0, 0.1) is 33.6 Å². The molecule has 0 spiro atoms. The molecule has 0 radical (unpaired) electrons. The van der Waals surface area contributed by atoms with Gasteiger partial charge in [0.2, 0.25) is 0 Å². The fraction of sp³-hybridized carbons (Fsp3) is 0.392. The molecule has 0 bridgehead atoms. The topological polar surface area (TPSA) is 151 Å². The lowest BCUT2D eigenvalue weighted by Crippen LogP contribution is -2.52. The van der Waals surface area contributed by atoms with Crippen molar-refractivity contribution in [3.05, 3.63) is 267 Å². The highest BCUT2D eigenvalue weighted by molar-refractivity contribution is 9.10. The number of ketones is 2. The lowest BCUT2D eigenvalue weighted by atomic mass is 9.89. The summed E-state index contributed by atoms with van der Waals surface area (Å²) in [6.45, 7) is 18.2. The largest absolute Gasteiger partial charge is 0.416 e. The lowest BCUT2D eigenvalue weighted by molar-refractivity contribution is -0.144. The van der Waals surface area contributed by atoms with E-state index < -0.39 is 53.6 Å². The number of benzene rings is 8. The highest BCUT2D eigenvalue weighted by atomic mass is 79.9. The number of piperidine rings is 3. The van der Waals surface area contributed by atoms with Crippen molar-refractivity contribution in [1.82, 2.24) is 42.8 Å². The first kappa shape index (κ1) is 103. The molecule has 34 heteroatoms. The molecule has 5 aliphatic rings. The minimum atomic E-state index is -4.50. The standard InChI is InChI=1S/C27H31Cl2N3O2.C26H23Cl2F5N2O2.C26H26Cl2F3N3O2.C23H23BrCl2N2O/c1-18-14-20(31-10-12-34-13-11-31)17-25-22(18)15-19(30(25)2)16-23-24(28)7-6-21(26(23)29)27(33)32-8-4-3-5-9-32;1-13-8-15(26(31,32)33)9-22-18(13)10-16(34(22)3)11-19-21(27)5-4-17(23(19)28)24(37)35-7-6-20(14(2)36)25(29,30)12-35;1-15-10-17(26(29,30)31)11-23-20(15)12-18(32(23)3)13-21-22(27)5-4-19(24(21)28)25(36)34-8-6-33(7-9-34)14-16(2)35;1-14-10-15(24)11-21-18(14)12-16(27(21)2)13-19-20(25)7-6-17(22(19)26)23(29)28-8-4-3-5-9-28/h6-7,14-15,17H,3-5,8-13,16H2,1-2H3;4-5,8-10,20H,6-7,11-12H2,1-3H3;4-5,10-12H,6-9,13-14H2,1-3H3;6-7,10-12H,3-5,8-9,13H2,1-2H3. The second-order valence-corrected chi connectivity index (χ2v) is 39.9. The van der Waals surface area contributed by atoms with E-state index in [1.165, 1.54) is 58.1 Å². The summed E-state index contributed by atoms with van der Waals surface area (Å²) < 4.78 is 123. The van der Waals surface area contributed by atoms with Crippen molar-refractivity contribution in [1.29, 1.82) is 0 Å². The zero-order chi connectivity index (χ0) is 98.3. The Morgan fingerprint density at radius 2 is 0.721 bits per heavy atom. The highest BCUT2D eigenvalue weighted by Crippen LogP contribution is 2.44. The Balaban J connectivity index is 0.000000146. The number of amides is 4. The van der Waals surface area contributed by atoms with Crippen LogP contribution in [0.25, 0.3) is 43.6 Å². The van der Waals surface area contributed by atoms with Crippen LogP contribution in [-0.4, -0.2) is 182 Å². The van der Waals surface area contributed by atoms with Crippen LogP contribution in [0.15, 0.2) is 126 Å². The molecule has 4 aromatic heterocycles. The molecule has 5 saturated heterocycles. The van der Waals surface area contributed by atoms with Crippen LogP contribution in [0.2, 0.25) is 40.2 Å². The molecule has 0 N–H and O–H groups in total. The number of ether oxygens (including phenoxy) is 1. The molecule has 1 atom stereocenters. The predicted molar refractivity (Wildman–Crippen MR) is 531 cm³/mol. The zero-order valence-electron chi connectivity index (χ0n) is 76.8. The molecule has 8 aromatic carbocycles. The number of rotatable bonds is 16. The van der Waals surface area contributed by atoms with Gasteiger partial charge >= 0.3 is 12.4 Å². The van der Waals surface area contributed by atoms with Crippen LogP contribution < -0.4 is 4.90 Å². The normalized spacial score (nSPS) is 16.2. The summed E-state index contributed by atoms with van der Waals surface area (Å²) in [5.74, 6) is -6.28. The number of carbonyl (C=O) groups excluding carboxylic acids is 6. The number of piperazine rings is 1. The molecule has 17 nitrogen and oxygen atoms in total. The Kier molecular flexibility index (Phi) is 32.3. The monoisotopic (exact) mass is 2090 g/mol. The van der Waals surface area contributed by atoms with Gasteiger partial charge in [0.15, 0.2) is 0 Å². The smallest absolute Gasteiger partial charge is 0.378 e. The summed E-state index contributed by atoms with van der Waals surface area (Å²) in [6, 6.07) is 34.3. The number of alkyl halides is 8. The Morgan fingerprint density at radius 1 is 0.397 bits per heavy atom. The maximum atomic E-state index is 14.5. The minimum Gasteiger partial charge on any atom is -0.378 e. The van der Waals surface area contributed by atoms with Gasteiger partial charge in [-0.1, -0.05) is 109 Å². The number of hydrogen-bond donors (Lipinski definition) is 0. The van der Waals surface area contributed by atoms with E-state index in [1.54, 1.807) is 85.3 Å². The summed E-state index contributed by atoms with van der Waals surface area (Å²) in [6.07, 6.45) is -1.08. The summed E-state index contributed by atoms with van der Waals surface area (Å²) in [5, 5.41) is 6.70. The number of anilines is 1. The van der Waals surface area contributed by atoms with E-state index in [0.29, 0.717) is 137 Å². The van der Waals surface area contributed by atoms with Crippen LogP contribution in [0.3, 0.4) is 0 Å². The number of halogens is 17. The zero-order valence-corrected chi connectivity index (χ0v) is 84.4. The summed E-state index contributed by atoms with van der Waals surface area (Å²) in [5.41, 5.74) is 13.8. The lowest BCUT2D eigenvalue weighted by Gasteiger charge is -2.37. The SMILES string of the molecule is CC(=O)C1CCN(C(=O)c2ccc(Cl)c(Cc3cc4c(C)cc(C(F)(F)F)cc4n3C)c2Cl)CC1(F)F.CC(=O)CN1CCN(C(=O)c2ccc(Cl)c(Cc3cc4c(C)cc(C(F)(F)F)cc4n3C)c2Cl)CC1.Cc1cc(Br)cc2c1cc(Cc1c(Cl)ccc(C(=O)N3CCCCC3)c1Cl)n2C.Cc1cc(N2CCOCC2)cc2c1cc(Cc1c(Cl)ccc(C(=O)N3CCCCC3)c1Cl)n2C. The minimum absolute atomic E-state index is 0.00411. The average Bonchev–Trinajstić information content (AvgIpc) is 1.68. The molecule has 4 amide bonds. The van der Waals surface area contributed by atoms with E-state index in [4.69, 9.17) is 97.5 Å². The fourth-order valence-corrected chi connectivity index (χ4v) is 21.8. The molecule has 0 saturated carbocycles. The number of fused-ring (bicyclic) bond motifs is 4. The van der Waals surface area contributed by atoms with Gasteiger partial charge in [0.05, 0.1) is 91.2 Å². The van der Waals surface area contributed by atoms with Crippen molar-refractivity contribution >= 4 is 193 Å². The Bertz CT molecular complexity index is 6660. The third-order valence-electron chi connectivity index (χ3n) is 26.7. The molecule has 0 aliphatic carbocycles. The number of carbonyl (C=O) groups is 6. The van der Waals surface area contributed by atoms with Crippen molar-refractivity contribution < 1.29 is 68.6 Å². The maximum Gasteiger partial charge on any atom is 0.416 e. The van der Waals surface area contributed by atoms with E-state index in [-0.39, 0.29) is 69.9 Å². The number of likely N-dealkylation sites (tertiary alicyclic amines) is 3. The molecule has 12 aromatic rings. The van der Waals surface area contributed by atoms with E-state index in [9.17, 15) is 63.9 Å². The molecule has 1 unspecified atom stereocenters. The van der Waals surface area contributed by atoms with Crippen molar-refractivity contribution in [3.8, 4) is 0 Å². The van der Waals surface area contributed by atoms with Crippen LogP contribution in [0.1, 0.15) is 179 Å². The number of aryl methyl sites for hydroxylation is 8. The van der Waals surface area contributed by atoms with Gasteiger partial charge in [0.25, 0.3) is 29.6 Å². The van der Waals surface area contributed by atoms with Crippen molar-refractivity contribution in [2.24, 2.45) is 34.1 Å².